The van der Waals surface area contributed by atoms with Gasteiger partial charge in [-0.05, 0) is 49.8 Å². The van der Waals surface area contributed by atoms with Crippen LogP contribution in [-0.2, 0) is 4.79 Å². The van der Waals surface area contributed by atoms with Gasteiger partial charge in [0.15, 0.2) is 11.5 Å². The van der Waals surface area contributed by atoms with E-state index in [9.17, 15) is 9.59 Å². The Balaban J connectivity index is 1.27. The van der Waals surface area contributed by atoms with Crippen LogP contribution in [0.15, 0.2) is 42.9 Å². The van der Waals surface area contributed by atoms with E-state index < -0.39 is 0 Å². The van der Waals surface area contributed by atoms with Crippen LogP contribution in [0.4, 0.5) is 5.82 Å². The molecule has 186 valence electrons. The van der Waals surface area contributed by atoms with Gasteiger partial charge in [0.05, 0.1) is 30.4 Å². The highest BCUT2D eigenvalue weighted by molar-refractivity contribution is 6.08. The highest BCUT2D eigenvalue weighted by Gasteiger charge is 2.47. The summed E-state index contributed by atoms with van der Waals surface area (Å²) >= 11 is 0. The number of benzene rings is 1. The molecule has 4 heterocycles. The van der Waals surface area contributed by atoms with E-state index in [1.54, 1.807) is 30.1 Å². The number of ether oxygens (including phenoxy) is 1. The zero-order chi connectivity index (χ0) is 25.0. The summed E-state index contributed by atoms with van der Waals surface area (Å²) in [6, 6.07) is 7.48. The number of anilines is 1. The summed E-state index contributed by atoms with van der Waals surface area (Å²) in [5, 5.41) is 12.9. The zero-order valence-corrected chi connectivity index (χ0v) is 20.6. The van der Waals surface area contributed by atoms with Gasteiger partial charge in [0.25, 0.3) is 5.91 Å². The van der Waals surface area contributed by atoms with E-state index in [1.165, 1.54) is 0 Å². The van der Waals surface area contributed by atoms with Crippen LogP contribution in [0.25, 0.3) is 16.6 Å². The number of carbonyl (C=O) groups excluding carboxylic acids is 2. The first kappa shape index (κ1) is 22.5. The first-order chi connectivity index (χ1) is 17.4. The van der Waals surface area contributed by atoms with E-state index >= 15 is 0 Å². The van der Waals surface area contributed by atoms with Gasteiger partial charge in [-0.2, -0.15) is 14.7 Å². The zero-order valence-electron chi connectivity index (χ0n) is 20.6. The monoisotopic (exact) mass is 487 g/mol. The summed E-state index contributed by atoms with van der Waals surface area (Å²) in [4.78, 5) is 31.7. The maximum Gasteiger partial charge on any atom is 0.260 e. The quantitative estimate of drug-likeness (QED) is 0.471. The molecule has 3 atom stereocenters. The molecule has 10 nitrogen and oxygen atoms in total. The van der Waals surface area contributed by atoms with E-state index in [0.717, 1.165) is 36.6 Å². The molecule has 1 aliphatic carbocycles. The number of aromatic nitrogens is 5. The van der Waals surface area contributed by atoms with Crippen molar-refractivity contribution in [1.29, 1.82) is 0 Å². The minimum Gasteiger partial charge on any atom is -0.496 e. The maximum absolute atomic E-state index is 13.2. The van der Waals surface area contributed by atoms with Gasteiger partial charge in [-0.15, -0.1) is 0 Å². The molecule has 1 aliphatic heterocycles. The molecule has 3 aromatic heterocycles. The standard InChI is InChI=1S/C26H29N7O3/c1-16-13-26(9-7-24(34)31(26)2)8-6-20(16)32-15-17-11-18(21(36-3)12-19(17)30-32)25(35)29-23-14-27-22-5-4-10-28-33(22)23/h4-5,10-12,14-16,20H,6-9,13H2,1-3H3,(H,29,35)/t16-,20-,26+/m1/s1. The van der Waals surface area contributed by atoms with Crippen LogP contribution in [0, 0.1) is 5.92 Å². The second-order valence-electron chi connectivity index (χ2n) is 10.1. The summed E-state index contributed by atoms with van der Waals surface area (Å²) in [5.41, 5.74) is 1.83. The van der Waals surface area contributed by atoms with E-state index in [4.69, 9.17) is 9.84 Å². The number of nitrogens with one attached hydrogen (secondary N) is 1. The van der Waals surface area contributed by atoms with Crippen molar-refractivity contribution in [1.82, 2.24) is 29.3 Å². The molecule has 10 heteroatoms. The molecule has 2 amide bonds. The molecule has 0 bridgehead atoms. The van der Waals surface area contributed by atoms with Crippen molar-refractivity contribution in [2.75, 3.05) is 19.5 Å². The Labute approximate surface area is 208 Å². The number of amides is 2. The molecular formula is C26H29N7O3. The van der Waals surface area contributed by atoms with E-state index in [-0.39, 0.29) is 23.4 Å². The molecule has 1 saturated heterocycles. The molecule has 1 aromatic carbocycles. The number of hydrogen-bond acceptors (Lipinski definition) is 6. The fraction of sp³-hybridized carbons (Fsp3) is 0.423. The van der Waals surface area contributed by atoms with Gasteiger partial charge >= 0.3 is 0 Å². The Kier molecular flexibility index (Phi) is 5.20. The lowest BCUT2D eigenvalue weighted by atomic mass is 9.72. The van der Waals surface area contributed by atoms with Gasteiger partial charge < -0.3 is 15.0 Å². The smallest absolute Gasteiger partial charge is 0.260 e. The second-order valence-corrected chi connectivity index (χ2v) is 10.1. The van der Waals surface area contributed by atoms with Gasteiger partial charge in [0, 0.05) is 42.9 Å². The predicted molar refractivity (Wildman–Crippen MR) is 134 cm³/mol. The van der Waals surface area contributed by atoms with Gasteiger partial charge in [0.2, 0.25) is 5.91 Å². The normalized spacial score (nSPS) is 24.2. The Bertz CT molecular complexity index is 1490. The summed E-state index contributed by atoms with van der Waals surface area (Å²) in [7, 11) is 3.50. The number of rotatable bonds is 4. The Morgan fingerprint density at radius 3 is 2.89 bits per heavy atom. The highest BCUT2D eigenvalue weighted by Crippen LogP contribution is 2.47. The average Bonchev–Trinajstić information content (AvgIpc) is 3.56. The largest absolute Gasteiger partial charge is 0.496 e. The number of imidazole rings is 1. The van der Waals surface area contributed by atoms with Crippen molar-refractivity contribution in [2.45, 2.75) is 50.6 Å². The van der Waals surface area contributed by atoms with Crippen LogP contribution in [0.1, 0.15) is 55.4 Å². The molecule has 2 aliphatic rings. The fourth-order valence-corrected chi connectivity index (χ4v) is 6.09. The van der Waals surface area contributed by atoms with Crippen molar-refractivity contribution in [3.8, 4) is 5.75 Å². The molecular weight excluding hydrogens is 458 g/mol. The number of fused-ring (bicyclic) bond motifs is 2. The van der Waals surface area contributed by atoms with Crippen LogP contribution in [0.2, 0.25) is 0 Å². The third-order valence-electron chi connectivity index (χ3n) is 8.10. The van der Waals surface area contributed by atoms with Crippen LogP contribution in [0.3, 0.4) is 0 Å². The van der Waals surface area contributed by atoms with Gasteiger partial charge in [0.1, 0.15) is 5.75 Å². The SMILES string of the molecule is COc1cc2nn([C@@H]3CC[C@]4(CCC(=O)N4C)C[C@H]3C)cc2cc1C(=O)Nc1cnc2cccnn12. The van der Waals surface area contributed by atoms with Gasteiger partial charge in [-0.1, -0.05) is 6.92 Å². The van der Waals surface area contributed by atoms with Crippen molar-refractivity contribution < 1.29 is 14.3 Å². The molecule has 4 aromatic rings. The lowest BCUT2D eigenvalue weighted by Crippen LogP contribution is -2.48. The lowest BCUT2D eigenvalue weighted by Gasteiger charge is -2.45. The van der Waals surface area contributed by atoms with Crippen LogP contribution in [-0.4, -0.2) is 60.8 Å². The molecule has 6 rings (SSSR count). The number of methoxy groups -OCH3 is 1. The van der Waals surface area contributed by atoms with Crippen molar-refractivity contribution in [2.24, 2.45) is 5.92 Å². The summed E-state index contributed by atoms with van der Waals surface area (Å²) in [6.07, 6.45) is 9.74. The van der Waals surface area contributed by atoms with E-state index in [2.05, 4.69) is 22.3 Å². The maximum atomic E-state index is 13.2. The Hall–Kier alpha value is -3.95. The van der Waals surface area contributed by atoms with Crippen molar-refractivity contribution >= 4 is 34.2 Å². The number of carbonyl (C=O) groups is 2. The molecule has 1 saturated carbocycles. The summed E-state index contributed by atoms with van der Waals surface area (Å²) in [6.45, 7) is 2.25. The third-order valence-corrected chi connectivity index (χ3v) is 8.10. The average molecular weight is 488 g/mol. The van der Waals surface area contributed by atoms with Gasteiger partial charge in [-0.25, -0.2) is 4.98 Å². The fourth-order valence-electron chi connectivity index (χ4n) is 6.09. The Morgan fingerprint density at radius 2 is 2.14 bits per heavy atom. The Morgan fingerprint density at radius 1 is 1.28 bits per heavy atom. The number of nitrogens with zero attached hydrogens (tertiary/aromatic N) is 6. The molecule has 0 radical (unpaired) electrons. The van der Waals surface area contributed by atoms with Crippen molar-refractivity contribution in [3.05, 3.63) is 48.4 Å². The molecule has 1 N–H and O–H groups in total. The highest BCUT2D eigenvalue weighted by atomic mass is 16.5. The number of likely N-dealkylation sites (tertiary alicyclic amines) is 1. The second kappa shape index (κ2) is 8.32. The molecule has 2 fully saturated rings. The topological polar surface area (TPSA) is 107 Å². The van der Waals surface area contributed by atoms with E-state index in [1.807, 2.05) is 41.0 Å². The van der Waals surface area contributed by atoms with Crippen molar-refractivity contribution in [3.63, 3.8) is 0 Å². The summed E-state index contributed by atoms with van der Waals surface area (Å²) < 4.78 is 9.17. The number of hydrogen-bond donors (Lipinski definition) is 1. The molecule has 0 unspecified atom stereocenters. The molecule has 1 spiro atoms. The van der Waals surface area contributed by atoms with Crippen LogP contribution in [0.5, 0.6) is 5.75 Å². The minimum atomic E-state index is -0.309. The molecule has 36 heavy (non-hydrogen) atoms. The van der Waals surface area contributed by atoms with E-state index in [0.29, 0.717) is 35.1 Å². The van der Waals surface area contributed by atoms with Crippen LogP contribution < -0.4 is 10.1 Å². The first-order valence-corrected chi connectivity index (χ1v) is 12.3. The third kappa shape index (κ3) is 3.51. The predicted octanol–water partition coefficient (Wildman–Crippen LogP) is 3.69. The minimum absolute atomic E-state index is 0.0131. The lowest BCUT2D eigenvalue weighted by molar-refractivity contribution is -0.131. The van der Waals surface area contributed by atoms with Crippen LogP contribution >= 0.6 is 0 Å². The first-order valence-electron chi connectivity index (χ1n) is 12.3. The summed E-state index contributed by atoms with van der Waals surface area (Å²) in [5.74, 6) is 1.25. The van der Waals surface area contributed by atoms with Gasteiger partial charge in [-0.3, -0.25) is 14.3 Å².